The molecule has 0 amide bonds. The third-order valence-electron chi connectivity index (χ3n) is 5.74. The molecule has 0 heterocycles. The van der Waals surface area contributed by atoms with Crippen LogP contribution >= 0.6 is 11.8 Å². The van der Waals surface area contributed by atoms with Crippen molar-refractivity contribution in [2.45, 2.75) is 23.8 Å². The molecule has 0 aliphatic carbocycles. The van der Waals surface area contributed by atoms with Crippen molar-refractivity contribution in [1.29, 1.82) is 0 Å². The van der Waals surface area contributed by atoms with E-state index in [4.69, 9.17) is 4.74 Å². The van der Waals surface area contributed by atoms with E-state index < -0.39 is 0 Å². The molecule has 4 aromatic carbocycles. The molecular formula is C29H28OS. The number of hydrogen-bond donors (Lipinski definition) is 0. The maximum atomic E-state index is 5.44. The Labute approximate surface area is 190 Å². The van der Waals surface area contributed by atoms with Gasteiger partial charge in [-0.05, 0) is 46.4 Å². The highest BCUT2D eigenvalue weighted by Crippen LogP contribution is 2.49. The minimum absolute atomic E-state index is 0.321. The summed E-state index contributed by atoms with van der Waals surface area (Å²) in [6, 6.07) is 39.2. The van der Waals surface area contributed by atoms with E-state index in [1.165, 1.54) is 27.8 Å². The first kappa shape index (κ1) is 21.3. The number of aryl methyl sites for hydroxylation is 1. The molecule has 0 fully saturated rings. The first-order valence-corrected chi connectivity index (χ1v) is 11.7. The van der Waals surface area contributed by atoms with Gasteiger partial charge in [-0.3, -0.25) is 0 Å². The smallest absolute Gasteiger partial charge is 0.118 e. The van der Waals surface area contributed by atoms with Gasteiger partial charge in [-0.15, -0.1) is 11.8 Å². The zero-order chi connectivity index (χ0) is 21.5. The SMILES string of the molecule is CCc1ccc(CSC(c2ccccc2)(c2ccccc2)c2ccc(OC)cc2)cc1. The predicted octanol–water partition coefficient (Wildman–Crippen LogP) is 7.48. The van der Waals surface area contributed by atoms with Crippen LogP contribution in [0, 0.1) is 0 Å². The molecule has 1 nitrogen and oxygen atoms in total. The van der Waals surface area contributed by atoms with E-state index >= 15 is 0 Å². The first-order valence-electron chi connectivity index (χ1n) is 10.7. The molecule has 0 aliphatic rings. The molecule has 2 heteroatoms. The van der Waals surface area contributed by atoms with Gasteiger partial charge >= 0.3 is 0 Å². The maximum Gasteiger partial charge on any atom is 0.118 e. The normalized spacial score (nSPS) is 11.3. The van der Waals surface area contributed by atoms with E-state index in [2.05, 4.69) is 116 Å². The Morgan fingerprint density at radius 1 is 0.613 bits per heavy atom. The predicted molar refractivity (Wildman–Crippen MR) is 133 cm³/mol. The lowest BCUT2D eigenvalue weighted by Crippen LogP contribution is -2.25. The Hall–Kier alpha value is -2.97. The molecule has 0 aromatic heterocycles. The molecule has 4 rings (SSSR count). The molecule has 0 N–H and O–H groups in total. The van der Waals surface area contributed by atoms with Crippen LogP contribution in [0.5, 0.6) is 5.75 Å². The van der Waals surface area contributed by atoms with Gasteiger partial charge in [0.2, 0.25) is 0 Å². The minimum Gasteiger partial charge on any atom is -0.497 e. The van der Waals surface area contributed by atoms with E-state index in [0.717, 1.165) is 17.9 Å². The fourth-order valence-electron chi connectivity index (χ4n) is 3.98. The molecule has 0 saturated carbocycles. The van der Waals surface area contributed by atoms with Crippen LogP contribution in [-0.4, -0.2) is 7.11 Å². The molecule has 0 unspecified atom stereocenters. The summed E-state index contributed by atoms with van der Waals surface area (Å²) in [5.74, 6) is 1.79. The zero-order valence-corrected chi connectivity index (χ0v) is 18.9. The molecule has 4 aromatic rings. The average molecular weight is 425 g/mol. The largest absolute Gasteiger partial charge is 0.497 e. The van der Waals surface area contributed by atoms with E-state index in [9.17, 15) is 0 Å². The van der Waals surface area contributed by atoms with Gasteiger partial charge in [0.15, 0.2) is 0 Å². The summed E-state index contributed by atoms with van der Waals surface area (Å²) in [4.78, 5) is 0. The summed E-state index contributed by atoms with van der Waals surface area (Å²) in [5, 5.41) is 0. The Kier molecular flexibility index (Phi) is 6.79. The highest BCUT2D eigenvalue weighted by atomic mass is 32.2. The Balaban J connectivity index is 1.84. The maximum absolute atomic E-state index is 5.44. The fourth-order valence-corrected chi connectivity index (χ4v) is 5.47. The minimum atomic E-state index is -0.321. The van der Waals surface area contributed by atoms with Crippen molar-refractivity contribution in [3.63, 3.8) is 0 Å². The van der Waals surface area contributed by atoms with Gasteiger partial charge in [-0.1, -0.05) is 104 Å². The van der Waals surface area contributed by atoms with Crippen molar-refractivity contribution >= 4 is 11.8 Å². The summed E-state index contributed by atoms with van der Waals surface area (Å²) in [6.07, 6.45) is 1.07. The molecule has 0 radical (unpaired) electrons. The standard InChI is InChI=1S/C29H28OS/c1-3-23-14-16-24(17-15-23)22-31-29(25-10-6-4-7-11-25,26-12-8-5-9-13-26)27-18-20-28(30-2)21-19-27/h4-21H,3,22H2,1-2H3. The van der Waals surface area contributed by atoms with Gasteiger partial charge in [0.05, 0.1) is 11.9 Å². The van der Waals surface area contributed by atoms with Crippen LogP contribution in [-0.2, 0) is 16.9 Å². The highest BCUT2D eigenvalue weighted by Gasteiger charge is 2.36. The topological polar surface area (TPSA) is 9.23 Å². The van der Waals surface area contributed by atoms with E-state index in [0.29, 0.717) is 0 Å². The summed E-state index contributed by atoms with van der Waals surface area (Å²) in [5.41, 5.74) is 6.53. The lowest BCUT2D eigenvalue weighted by atomic mass is 9.84. The van der Waals surface area contributed by atoms with Crippen LogP contribution < -0.4 is 4.74 Å². The van der Waals surface area contributed by atoms with Gasteiger partial charge < -0.3 is 4.74 Å². The third-order valence-corrected chi connectivity index (χ3v) is 7.36. The van der Waals surface area contributed by atoms with Crippen molar-refractivity contribution in [1.82, 2.24) is 0 Å². The molecule has 0 bridgehead atoms. The van der Waals surface area contributed by atoms with Crippen molar-refractivity contribution in [3.05, 3.63) is 137 Å². The van der Waals surface area contributed by atoms with Gasteiger partial charge in [-0.2, -0.15) is 0 Å². The van der Waals surface area contributed by atoms with Crippen LogP contribution in [0.3, 0.4) is 0 Å². The van der Waals surface area contributed by atoms with Crippen molar-refractivity contribution in [2.75, 3.05) is 7.11 Å². The van der Waals surface area contributed by atoms with Gasteiger partial charge in [0.1, 0.15) is 5.75 Å². The number of rotatable bonds is 8. The molecule has 156 valence electrons. The van der Waals surface area contributed by atoms with Crippen LogP contribution in [0.25, 0.3) is 0 Å². The summed E-state index contributed by atoms with van der Waals surface area (Å²) >= 11 is 1.97. The van der Waals surface area contributed by atoms with Crippen LogP contribution in [0.4, 0.5) is 0 Å². The Bertz CT molecular complexity index is 1030. The number of benzene rings is 4. The summed E-state index contributed by atoms with van der Waals surface area (Å²) in [7, 11) is 1.71. The van der Waals surface area contributed by atoms with Gasteiger partial charge in [0.25, 0.3) is 0 Å². The zero-order valence-electron chi connectivity index (χ0n) is 18.1. The van der Waals surface area contributed by atoms with Crippen molar-refractivity contribution < 1.29 is 4.74 Å². The molecule has 31 heavy (non-hydrogen) atoms. The fraction of sp³-hybridized carbons (Fsp3) is 0.172. The van der Waals surface area contributed by atoms with Crippen LogP contribution in [0.2, 0.25) is 0 Å². The quantitative estimate of drug-likeness (QED) is 0.271. The molecule has 0 saturated heterocycles. The van der Waals surface area contributed by atoms with E-state index in [-0.39, 0.29) is 4.75 Å². The summed E-state index contributed by atoms with van der Waals surface area (Å²) in [6.45, 7) is 2.20. The summed E-state index contributed by atoms with van der Waals surface area (Å²) < 4.78 is 5.12. The number of methoxy groups -OCH3 is 1. The highest BCUT2D eigenvalue weighted by molar-refractivity contribution is 7.99. The van der Waals surface area contributed by atoms with E-state index in [1.807, 2.05) is 11.8 Å². The molecule has 0 aliphatic heterocycles. The second-order valence-corrected chi connectivity index (χ2v) is 8.79. The van der Waals surface area contributed by atoms with Gasteiger partial charge in [-0.25, -0.2) is 0 Å². The second-order valence-electron chi connectivity index (χ2n) is 7.60. The first-order chi connectivity index (χ1) is 15.3. The molecule has 0 atom stereocenters. The lowest BCUT2D eigenvalue weighted by Gasteiger charge is -2.35. The van der Waals surface area contributed by atoms with Crippen LogP contribution in [0.15, 0.2) is 109 Å². The Morgan fingerprint density at radius 3 is 1.58 bits per heavy atom. The number of hydrogen-bond acceptors (Lipinski definition) is 2. The number of ether oxygens (including phenoxy) is 1. The van der Waals surface area contributed by atoms with Crippen molar-refractivity contribution in [3.8, 4) is 5.75 Å². The second kappa shape index (κ2) is 9.89. The third kappa shape index (κ3) is 4.55. The van der Waals surface area contributed by atoms with Crippen molar-refractivity contribution in [2.24, 2.45) is 0 Å². The Morgan fingerprint density at radius 2 is 1.10 bits per heavy atom. The monoisotopic (exact) mass is 424 g/mol. The van der Waals surface area contributed by atoms with Crippen LogP contribution in [0.1, 0.15) is 34.7 Å². The number of thioether (sulfide) groups is 1. The molecule has 0 spiro atoms. The molecular weight excluding hydrogens is 396 g/mol. The average Bonchev–Trinajstić information content (AvgIpc) is 2.86. The van der Waals surface area contributed by atoms with Gasteiger partial charge in [0, 0.05) is 5.75 Å². The van der Waals surface area contributed by atoms with E-state index in [1.54, 1.807) is 7.11 Å². The lowest BCUT2D eigenvalue weighted by molar-refractivity contribution is 0.414.